The Hall–Kier alpha value is -2.80. The largest absolute Gasteiger partial charge is 0.375 e. The number of hydrogen-bond acceptors (Lipinski definition) is 5. The van der Waals surface area contributed by atoms with Crippen molar-refractivity contribution in [1.82, 2.24) is 14.9 Å². The van der Waals surface area contributed by atoms with Gasteiger partial charge in [-0.15, -0.1) is 0 Å². The molecule has 2 aliphatic rings. The Morgan fingerprint density at radius 2 is 2.04 bits per heavy atom. The van der Waals surface area contributed by atoms with Crippen molar-refractivity contribution in [2.24, 2.45) is 11.8 Å². The van der Waals surface area contributed by atoms with Crippen molar-refractivity contribution in [1.29, 1.82) is 0 Å². The van der Waals surface area contributed by atoms with Crippen molar-refractivity contribution in [2.75, 3.05) is 25.0 Å². The summed E-state index contributed by atoms with van der Waals surface area (Å²) < 4.78 is 5.79. The van der Waals surface area contributed by atoms with Gasteiger partial charge in [-0.05, 0) is 5.56 Å². The minimum absolute atomic E-state index is 0.0198. The highest BCUT2D eigenvalue weighted by Gasteiger charge is 2.47. The Morgan fingerprint density at radius 1 is 1.19 bits per heavy atom. The maximum absolute atomic E-state index is 12.6. The van der Waals surface area contributed by atoms with Crippen LogP contribution in [0.2, 0.25) is 0 Å². The zero-order valence-electron chi connectivity index (χ0n) is 14.2. The third kappa shape index (κ3) is 3.43. The second-order valence-electron chi connectivity index (χ2n) is 6.68. The molecule has 2 aliphatic heterocycles. The molecular weight excluding hydrogens is 332 g/mol. The number of benzene rings is 1. The molecule has 2 amide bonds. The zero-order valence-corrected chi connectivity index (χ0v) is 14.2. The van der Waals surface area contributed by atoms with Crippen LogP contribution < -0.4 is 5.32 Å². The van der Waals surface area contributed by atoms with E-state index in [1.807, 2.05) is 35.2 Å². The first-order chi connectivity index (χ1) is 12.7. The van der Waals surface area contributed by atoms with Gasteiger partial charge in [-0.25, -0.2) is 4.98 Å². The van der Waals surface area contributed by atoms with E-state index in [4.69, 9.17) is 4.74 Å². The first-order valence-corrected chi connectivity index (χ1v) is 8.71. The Morgan fingerprint density at radius 3 is 2.81 bits per heavy atom. The average Bonchev–Trinajstić information content (AvgIpc) is 3.24. The molecule has 1 aromatic carbocycles. The molecule has 0 bridgehead atoms. The van der Waals surface area contributed by atoms with Crippen molar-refractivity contribution >= 4 is 17.6 Å². The summed E-state index contributed by atoms with van der Waals surface area (Å²) in [6.45, 7) is 1.47. The lowest BCUT2D eigenvalue weighted by molar-refractivity contribution is -0.131. The van der Waals surface area contributed by atoms with Crippen LogP contribution in [-0.2, 0) is 20.7 Å². The Bertz CT molecular complexity index is 784. The Labute approximate surface area is 151 Å². The number of hydrogen-bond donors (Lipinski definition) is 1. The van der Waals surface area contributed by atoms with E-state index in [0.29, 0.717) is 31.9 Å². The monoisotopic (exact) mass is 352 g/mol. The molecule has 7 nitrogen and oxygen atoms in total. The number of carbonyl (C=O) groups is 2. The van der Waals surface area contributed by atoms with Gasteiger partial charge in [0.15, 0.2) is 5.82 Å². The van der Waals surface area contributed by atoms with Gasteiger partial charge >= 0.3 is 0 Å². The van der Waals surface area contributed by atoms with E-state index < -0.39 is 0 Å². The van der Waals surface area contributed by atoms with Gasteiger partial charge in [0.25, 0.3) is 0 Å². The van der Waals surface area contributed by atoms with Gasteiger partial charge in [0.1, 0.15) is 0 Å². The number of anilines is 1. The number of ether oxygens (including phenoxy) is 1. The van der Waals surface area contributed by atoms with Crippen LogP contribution >= 0.6 is 0 Å². The fourth-order valence-corrected chi connectivity index (χ4v) is 3.65. The van der Waals surface area contributed by atoms with Gasteiger partial charge < -0.3 is 15.0 Å². The summed E-state index contributed by atoms with van der Waals surface area (Å²) in [5.74, 6) is 0.108. The molecule has 4 rings (SSSR count). The third-order valence-corrected chi connectivity index (χ3v) is 5.02. The van der Waals surface area contributed by atoms with Crippen molar-refractivity contribution in [3.05, 3.63) is 54.5 Å². The van der Waals surface area contributed by atoms with E-state index >= 15 is 0 Å². The summed E-state index contributed by atoms with van der Waals surface area (Å²) in [5.41, 5.74) is 0.993. The lowest BCUT2D eigenvalue weighted by Gasteiger charge is -2.19. The van der Waals surface area contributed by atoms with E-state index in [0.717, 1.165) is 5.56 Å². The molecule has 26 heavy (non-hydrogen) atoms. The molecule has 2 aromatic rings. The molecule has 0 aliphatic carbocycles. The van der Waals surface area contributed by atoms with Crippen LogP contribution in [0.5, 0.6) is 0 Å². The van der Waals surface area contributed by atoms with E-state index in [1.54, 1.807) is 6.20 Å². The van der Waals surface area contributed by atoms with Crippen LogP contribution in [0.4, 0.5) is 5.82 Å². The SMILES string of the molecule is O=C(Nc1cnccn1)[C@@H]1CO[C@H]2CN(C(=O)Cc3ccccc3)C[C@H]21. The summed E-state index contributed by atoms with van der Waals surface area (Å²) >= 11 is 0. The summed E-state index contributed by atoms with van der Waals surface area (Å²) in [5, 5.41) is 2.78. The molecule has 1 aromatic heterocycles. The summed E-state index contributed by atoms with van der Waals surface area (Å²) in [7, 11) is 0. The summed E-state index contributed by atoms with van der Waals surface area (Å²) in [6.07, 6.45) is 4.89. The van der Waals surface area contributed by atoms with Crippen molar-refractivity contribution in [3.63, 3.8) is 0 Å². The molecule has 3 heterocycles. The summed E-state index contributed by atoms with van der Waals surface area (Å²) in [6, 6.07) is 9.68. The molecular formula is C19H20N4O3. The lowest BCUT2D eigenvalue weighted by atomic mass is 9.92. The highest BCUT2D eigenvalue weighted by Crippen LogP contribution is 2.34. The number of aromatic nitrogens is 2. The van der Waals surface area contributed by atoms with E-state index in [9.17, 15) is 9.59 Å². The van der Waals surface area contributed by atoms with Gasteiger partial charge in [0, 0.05) is 31.4 Å². The van der Waals surface area contributed by atoms with Crippen molar-refractivity contribution < 1.29 is 14.3 Å². The fourth-order valence-electron chi connectivity index (χ4n) is 3.65. The van der Waals surface area contributed by atoms with Gasteiger partial charge in [-0.3, -0.25) is 14.6 Å². The molecule has 1 N–H and O–H groups in total. The molecule has 7 heteroatoms. The molecule has 0 unspecified atom stereocenters. The highest BCUT2D eigenvalue weighted by molar-refractivity contribution is 5.92. The maximum Gasteiger partial charge on any atom is 0.231 e. The minimum atomic E-state index is -0.281. The third-order valence-electron chi connectivity index (χ3n) is 5.02. The minimum Gasteiger partial charge on any atom is -0.375 e. The van der Waals surface area contributed by atoms with Crippen LogP contribution in [0.3, 0.4) is 0 Å². The molecule has 0 radical (unpaired) electrons. The van der Waals surface area contributed by atoms with Crippen LogP contribution in [0.25, 0.3) is 0 Å². The average molecular weight is 352 g/mol. The molecule has 0 saturated carbocycles. The van der Waals surface area contributed by atoms with Crippen molar-refractivity contribution in [3.8, 4) is 0 Å². The van der Waals surface area contributed by atoms with E-state index in [-0.39, 0.29) is 29.8 Å². The zero-order chi connectivity index (χ0) is 17.9. The number of fused-ring (bicyclic) bond motifs is 1. The number of amides is 2. The van der Waals surface area contributed by atoms with Gasteiger partial charge in [-0.2, -0.15) is 0 Å². The Balaban J connectivity index is 1.37. The number of nitrogens with one attached hydrogen (secondary N) is 1. The molecule has 0 spiro atoms. The second-order valence-corrected chi connectivity index (χ2v) is 6.68. The standard InChI is InChI=1S/C19H20N4O3/c24-18(8-13-4-2-1-3-5-13)23-10-14-15(12-26-16(14)11-23)19(25)22-17-9-20-6-7-21-17/h1-7,9,14-16H,8,10-12H2,(H,21,22,25)/t14-,15+,16-/m0/s1. The van der Waals surface area contributed by atoms with Gasteiger partial charge in [-0.1, -0.05) is 30.3 Å². The molecule has 2 saturated heterocycles. The number of nitrogens with zero attached hydrogens (tertiary/aromatic N) is 3. The summed E-state index contributed by atoms with van der Waals surface area (Å²) in [4.78, 5) is 34.9. The van der Waals surface area contributed by atoms with Gasteiger partial charge in [0.05, 0.1) is 31.2 Å². The maximum atomic E-state index is 12.6. The molecule has 134 valence electrons. The molecule has 2 fully saturated rings. The quantitative estimate of drug-likeness (QED) is 0.892. The van der Waals surface area contributed by atoms with Gasteiger partial charge in [0.2, 0.25) is 11.8 Å². The fraction of sp³-hybridized carbons (Fsp3) is 0.368. The predicted octanol–water partition coefficient (Wildman–Crippen LogP) is 1.13. The topological polar surface area (TPSA) is 84.4 Å². The Kier molecular flexibility index (Phi) is 4.62. The molecule has 3 atom stereocenters. The smallest absolute Gasteiger partial charge is 0.231 e. The first kappa shape index (κ1) is 16.7. The number of carbonyl (C=O) groups excluding carboxylic acids is 2. The number of likely N-dealkylation sites (tertiary alicyclic amines) is 1. The predicted molar refractivity (Wildman–Crippen MR) is 94.1 cm³/mol. The lowest BCUT2D eigenvalue weighted by Crippen LogP contribution is -2.35. The first-order valence-electron chi connectivity index (χ1n) is 8.71. The van der Waals surface area contributed by atoms with E-state index in [1.165, 1.54) is 12.4 Å². The number of rotatable bonds is 4. The van der Waals surface area contributed by atoms with Crippen LogP contribution in [-0.4, -0.2) is 52.5 Å². The second kappa shape index (κ2) is 7.21. The van der Waals surface area contributed by atoms with Crippen LogP contribution in [0.15, 0.2) is 48.9 Å². The van der Waals surface area contributed by atoms with Crippen molar-refractivity contribution in [2.45, 2.75) is 12.5 Å². The normalized spacial score (nSPS) is 24.3. The van der Waals surface area contributed by atoms with Crippen LogP contribution in [0.1, 0.15) is 5.56 Å². The van der Waals surface area contributed by atoms with Crippen LogP contribution in [0, 0.1) is 11.8 Å². The highest BCUT2D eigenvalue weighted by atomic mass is 16.5. The van der Waals surface area contributed by atoms with E-state index in [2.05, 4.69) is 15.3 Å².